The average Bonchev–Trinajstić information content (AvgIpc) is 3.29. The van der Waals surface area contributed by atoms with E-state index < -0.39 is 4.92 Å². The monoisotopic (exact) mass is 495 g/mol. The summed E-state index contributed by atoms with van der Waals surface area (Å²) < 4.78 is 1.56. The molecule has 0 atom stereocenters. The molecule has 166 valence electrons. The van der Waals surface area contributed by atoms with Crippen molar-refractivity contribution in [3.63, 3.8) is 0 Å². The summed E-state index contributed by atoms with van der Waals surface area (Å²) in [6.45, 7) is 0. The number of rotatable bonds is 9. The first-order chi connectivity index (χ1) is 16.1. The lowest BCUT2D eigenvalue weighted by Crippen LogP contribution is -2.19. The summed E-state index contributed by atoms with van der Waals surface area (Å²) in [5.74, 6) is 0.664. The van der Waals surface area contributed by atoms with Crippen molar-refractivity contribution in [1.29, 1.82) is 0 Å². The number of carbonyl (C=O) groups is 1. The van der Waals surface area contributed by atoms with Gasteiger partial charge in [-0.1, -0.05) is 77.3 Å². The fourth-order valence-corrected chi connectivity index (χ4v) is 5.71. The smallest absolute Gasteiger partial charge is 0.269 e. The summed E-state index contributed by atoms with van der Waals surface area (Å²) in [6.07, 6.45) is 1.43. The summed E-state index contributed by atoms with van der Waals surface area (Å²) in [5.41, 5.74) is 4.32. The number of nitrogens with zero attached hydrogens (tertiary/aromatic N) is 4. The number of fused-ring (bicyclic) bond motifs is 1. The number of nitrogens with one attached hydrogen (secondary N) is 1. The third-order valence-corrected chi connectivity index (χ3v) is 7.69. The minimum atomic E-state index is -0.471. The first-order valence-electron chi connectivity index (χ1n) is 9.70. The zero-order valence-corrected chi connectivity index (χ0v) is 19.5. The van der Waals surface area contributed by atoms with E-state index in [0.717, 1.165) is 10.1 Å². The number of nitro benzene ring substituents is 1. The van der Waals surface area contributed by atoms with Crippen LogP contribution in [0.1, 0.15) is 11.1 Å². The van der Waals surface area contributed by atoms with Crippen LogP contribution in [-0.2, 0) is 10.5 Å². The zero-order chi connectivity index (χ0) is 23.0. The number of thioether (sulfide) groups is 2. The summed E-state index contributed by atoms with van der Waals surface area (Å²) in [4.78, 5) is 22.2. The van der Waals surface area contributed by atoms with E-state index >= 15 is 0 Å². The van der Waals surface area contributed by atoms with Crippen LogP contribution in [0.15, 0.2) is 80.5 Å². The molecule has 4 rings (SSSR count). The Morgan fingerprint density at radius 1 is 1.03 bits per heavy atom. The molecule has 8 nitrogen and oxygen atoms in total. The SMILES string of the molecule is O=C(CSc1nnc(SCc2cccc3ccccc23)s1)NN=Cc1ccc([N+](=O)[O-])cc1. The molecular weight excluding hydrogens is 478 g/mol. The summed E-state index contributed by atoms with van der Waals surface area (Å²) >= 11 is 4.37. The summed E-state index contributed by atoms with van der Waals surface area (Å²) in [6, 6.07) is 20.4. The van der Waals surface area contributed by atoms with Gasteiger partial charge in [0, 0.05) is 17.9 Å². The normalized spacial score (nSPS) is 11.2. The highest BCUT2D eigenvalue weighted by molar-refractivity contribution is 8.03. The molecule has 0 spiro atoms. The van der Waals surface area contributed by atoms with Gasteiger partial charge in [-0.3, -0.25) is 14.9 Å². The maximum Gasteiger partial charge on any atom is 0.269 e. The van der Waals surface area contributed by atoms with E-state index in [4.69, 9.17) is 0 Å². The fraction of sp³-hybridized carbons (Fsp3) is 0.0909. The number of carbonyl (C=O) groups excluding carboxylic acids is 1. The van der Waals surface area contributed by atoms with E-state index in [-0.39, 0.29) is 17.3 Å². The van der Waals surface area contributed by atoms with Crippen LogP contribution in [0.5, 0.6) is 0 Å². The van der Waals surface area contributed by atoms with Crippen LogP contribution >= 0.6 is 34.9 Å². The van der Waals surface area contributed by atoms with Crippen molar-refractivity contribution >= 4 is 63.4 Å². The van der Waals surface area contributed by atoms with Crippen LogP contribution in [0.3, 0.4) is 0 Å². The van der Waals surface area contributed by atoms with Gasteiger partial charge in [-0.05, 0) is 34.0 Å². The van der Waals surface area contributed by atoms with Gasteiger partial charge in [0.05, 0.1) is 16.9 Å². The van der Waals surface area contributed by atoms with Gasteiger partial charge in [-0.2, -0.15) is 5.10 Å². The molecule has 0 saturated carbocycles. The van der Waals surface area contributed by atoms with E-state index in [1.807, 2.05) is 12.1 Å². The Balaban J connectivity index is 1.24. The Morgan fingerprint density at radius 2 is 1.76 bits per heavy atom. The van der Waals surface area contributed by atoms with Gasteiger partial charge >= 0.3 is 0 Å². The molecule has 1 heterocycles. The molecule has 0 fully saturated rings. The maximum absolute atomic E-state index is 12.0. The van der Waals surface area contributed by atoms with Gasteiger partial charge in [-0.25, -0.2) is 5.43 Å². The molecule has 3 aromatic carbocycles. The Hall–Kier alpha value is -3.28. The van der Waals surface area contributed by atoms with Crippen molar-refractivity contribution < 1.29 is 9.72 Å². The molecule has 1 aromatic heterocycles. The van der Waals surface area contributed by atoms with Crippen molar-refractivity contribution in [3.05, 3.63) is 88.0 Å². The minimum absolute atomic E-state index is 0.000653. The Kier molecular flexibility index (Phi) is 7.66. The number of aromatic nitrogens is 2. The highest BCUT2D eigenvalue weighted by atomic mass is 32.2. The predicted molar refractivity (Wildman–Crippen MR) is 133 cm³/mol. The second-order valence-electron chi connectivity index (χ2n) is 6.69. The highest BCUT2D eigenvalue weighted by Gasteiger charge is 2.10. The van der Waals surface area contributed by atoms with E-state index in [9.17, 15) is 14.9 Å². The van der Waals surface area contributed by atoms with E-state index in [0.29, 0.717) is 9.90 Å². The Morgan fingerprint density at radius 3 is 2.55 bits per heavy atom. The van der Waals surface area contributed by atoms with Gasteiger partial charge in [0.1, 0.15) is 0 Å². The number of amides is 1. The number of hydrogen-bond acceptors (Lipinski definition) is 9. The molecule has 33 heavy (non-hydrogen) atoms. The van der Waals surface area contributed by atoms with Crippen molar-refractivity contribution in [2.45, 2.75) is 14.4 Å². The van der Waals surface area contributed by atoms with Crippen LogP contribution in [0.25, 0.3) is 10.8 Å². The largest absolute Gasteiger partial charge is 0.272 e. The number of hydrazone groups is 1. The Bertz CT molecular complexity index is 1300. The lowest BCUT2D eigenvalue weighted by Gasteiger charge is -2.04. The lowest BCUT2D eigenvalue weighted by atomic mass is 10.1. The van der Waals surface area contributed by atoms with Crippen LogP contribution < -0.4 is 5.43 Å². The highest BCUT2D eigenvalue weighted by Crippen LogP contribution is 2.32. The van der Waals surface area contributed by atoms with Crippen molar-refractivity contribution in [2.24, 2.45) is 5.10 Å². The molecule has 0 bridgehead atoms. The van der Waals surface area contributed by atoms with Crippen molar-refractivity contribution in [2.75, 3.05) is 5.75 Å². The number of hydrogen-bond donors (Lipinski definition) is 1. The van der Waals surface area contributed by atoms with Gasteiger partial charge in [-0.15, -0.1) is 10.2 Å². The fourth-order valence-electron chi connectivity index (χ4n) is 2.89. The average molecular weight is 496 g/mol. The number of benzene rings is 3. The van der Waals surface area contributed by atoms with E-state index in [1.165, 1.54) is 57.8 Å². The molecule has 1 amide bonds. The Labute approximate surface area is 201 Å². The first kappa shape index (κ1) is 22.9. The van der Waals surface area contributed by atoms with Gasteiger partial charge in [0.15, 0.2) is 8.68 Å². The molecule has 11 heteroatoms. The minimum Gasteiger partial charge on any atom is -0.272 e. The molecule has 0 aliphatic heterocycles. The molecule has 0 aliphatic rings. The van der Waals surface area contributed by atoms with Crippen LogP contribution in [0, 0.1) is 10.1 Å². The topological polar surface area (TPSA) is 110 Å². The second kappa shape index (κ2) is 11.0. The zero-order valence-electron chi connectivity index (χ0n) is 17.1. The van der Waals surface area contributed by atoms with E-state index in [1.54, 1.807) is 23.9 Å². The quantitative estimate of drug-likeness (QED) is 0.148. The molecule has 0 aliphatic carbocycles. The second-order valence-corrected chi connectivity index (χ2v) is 10.1. The molecule has 0 saturated heterocycles. The van der Waals surface area contributed by atoms with Crippen molar-refractivity contribution in [3.8, 4) is 0 Å². The summed E-state index contributed by atoms with van der Waals surface area (Å²) in [5, 5.41) is 25.3. The molecular formula is C22H17N5O3S3. The van der Waals surface area contributed by atoms with Gasteiger partial charge in [0.2, 0.25) is 0 Å². The molecule has 1 N–H and O–H groups in total. The number of nitro groups is 1. The van der Waals surface area contributed by atoms with Crippen LogP contribution in [-0.4, -0.2) is 33.0 Å². The van der Waals surface area contributed by atoms with E-state index in [2.05, 4.69) is 51.1 Å². The lowest BCUT2D eigenvalue weighted by molar-refractivity contribution is -0.384. The van der Waals surface area contributed by atoms with Crippen LogP contribution in [0.2, 0.25) is 0 Å². The van der Waals surface area contributed by atoms with Gasteiger partial charge < -0.3 is 0 Å². The first-order valence-corrected chi connectivity index (χ1v) is 12.5. The molecule has 0 radical (unpaired) electrons. The molecule has 0 unspecified atom stereocenters. The number of non-ortho nitro benzene ring substituents is 1. The van der Waals surface area contributed by atoms with Gasteiger partial charge in [0.25, 0.3) is 11.6 Å². The third kappa shape index (κ3) is 6.37. The third-order valence-electron chi connectivity index (χ3n) is 4.45. The standard InChI is InChI=1S/C22H17N5O3S3/c28-20(24-23-12-15-8-10-18(11-9-15)27(29)30)14-32-22-26-25-21(33-22)31-13-17-6-3-5-16-4-1-2-7-19(16)17/h1-12H,13-14H2,(H,24,28). The molecule has 4 aromatic rings. The van der Waals surface area contributed by atoms with Crippen LogP contribution in [0.4, 0.5) is 5.69 Å². The predicted octanol–water partition coefficient (Wildman–Crippen LogP) is 5.13. The maximum atomic E-state index is 12.0. The van der Waals surface area contributed by atoms with Crippen molar-refractivity contribution in [1.82, 2.24) is 15.6 Å². The summed E-state index contributed by atoms with van der Waals surface area (Å²) in [7, 11) is 0.